The molecule has 0 aliphatic carbocycles. The number of benzene rings is 1. The van der Waals surface area contributed by atoms with Crippen LogP contribution in [0.2, 0.25) is 5.02 Å². The van der Waals surface area contributed by atoms with Gasteiger partial charge in [0, 0.05) is 32.9 Å². The summed E-state index contributed by atoms with van der Waals surface area (Å²) >= 11 is 9.50. The summed E-state index contributed by atoms with van der Waals surface area (Å²) in [4.78, 5) is 9.28. The molecule has 3 nitrogen and oxygen atoms in total. The van der Waals surface area contributed by atoms with Gasteiger partial charge in [0.25, 0.3) is 0 Å². The Balaban J connectivity index is 2.57. The molecule has 0 bridgehead atoms. The second-order valence-electron chi connectivity index (χ2n) is 4.47. The van der Waals surface area contributed by atoms with E-state index in [1.807, 2.05) is 25.1 Å². The predicted molar refractivity (Wildman–Crippen MR) is 88.5 cm³/mol. The van der Waals surface area contributed by atoms with E-state index in [0.29, 0.717) is 10.8 Å². The van der Waals surface area contributed by atoms with Crippen molar-refractivity contribution in [2.45, 2.75) is 27.2 Å². The molecule has 5 heteroatoms. The molecule has 0 spiro atoms. The first-order valence-corrected chi connectivity index (χ1v) is 7.80. The summed E-state index contributed by atoms with van der Waals surface area (Å²) in [7, 11) is 0. The molecule has 1 N–H and O–H groups in total. The van der Waals surface area contributed by atoms with Crippen molar-refractivity contribution in [3.8, 4) is 11.4 Å². The quantitative estimate of drug-likeness (QED) is 0.852. The molecular weight excluding hydrogens is 338 g/mol. The maximum absolute atomic E-state index is 5.98. The van der Waals surface area contributed by atoms with E-state index in [-0.39, 0.29) is 0 Å². The van der Waals surface area contributed by atoms with Crippen LogP contribution in [0.5, 0.6) is 0 Å². The van der Waals surface area contributed by atoms with Gasteiger partial charge >= 0.3 is 0 Å². The predicted octanol–water partition coefficient (Wildman–Crippen LogP) is 4.86. The Bertz CT molecular complexity index is 629. The van der Waals surface area contributed by atoms with Gasteiger partial charge in [0.2, 0.25) is 0 Å². The summed E-state index contributed by atoms with van der Waals surface area (Å²) in [5.41, 5.74) is 3.12. The molecule has 1 aromatic heterocycles. The van der Waals surface area contributed by atoms with Crippen molar-refractivity contribution in [3.63, 3.8) is 0 Å². The fraction of sp³-hybridized carbons (Fsp3) is 0.333. The maximum atomic E-state index is 5.98. The summed E-state index contributed by atoms with van der Waals surface area (Å²) in [5.74, 6) is 1.62. The first-order chi connectivity index (χ1) is 9.56. The number of aryl methyl sites for hydroxylation is 1. The van der Waals surface area contributed by atoms with E-state index in [4.69, 9.17) is 11.6 Å². The van der Waals surface area contributed by atoms with Crippen molar-refractivity contribution in [3.05, 3.63) is 39.0 Å². The number of aromatic nitrogens is 2. The van der Waals surface area contributed by atoms with E-state index in [1.54, 1.807) is 0 Å². The SMILES string of the molecule is CCNc1nc(-c2ccc(Cl)cc2Br)nc(C)c1CC. The molecule has 20 heavy (non-hydrogen) atoms. The van der Waals surface area contributed by atoms with Crippen LogP contribution in [0.4, 0.5) is 5.82 Å². The third-order valence-corrected chi connectivity index (χ3v) is 3.97. The topological polar surface area (TPSA) is 37.8 Å². The molecule has 0 saturated carbocycles. The van der Waals surface area contributed by atoms with Crippen molar-refractivity contribution in [2.24, 2.45) is 0 Å². The van der Waals surface area contributed by atoms with Crippen LogP contribution in [0.15, 0.2) is 22.7 Å². The number of rotatable bonds is 4. The molecule has 2 aromatic rings. The molecule has 2 rings (SSSR count). The Morgan fingerprint density at radius 1 is 1.25 bits per heavy atom. The zero-order valence-electron chi connectivity index (χ0n) is 11.8. The highest BCUT2D eigenvalue weighted by atomic mass is 79.9. The number of hydrogen-bond donors (Lipinski definition) is 1. The zero-order valence-corrected chi connectivity index (χ0v) is 14.1. The highest BCUT2D eigenvalue weighted by Gasteiger charge is 2.13. The van der Waals surface area contributed by atoms with Gasteiger partial charge in [0.15, 0.2) is 5.82 Å². The van der Waals surface area contributed by atoms with Crippen molar-refractivity contribution >= 4 is 33.3 Å². The van der Waals surface area contributed by atoms with Crippen molar-refractivity contribution in [2.75, 3.05) is 11.9 Å². The molecule has 0 atom stereocenters. The van der Waals surface area contributed by atoms with Gasteiger partial charge in [0.05, 0.1) is 0 Å². The van der Waals surface area contributed by atoms with Gasteiger partial charge in [-0.25, -0.2) is 9.97 Å². The average Bonchev–Trinajstić information content (AvgIpc) is 2.38. The van der Waals surface area contributed by atoms with E-state index in [2.05, 4.69) is 45.1 Å². The molecule has 0 radical (unpaired) electrons. The number of halogens is 2. The first-order valence-electron chi connectivity index (χ1n) is 6.63. The van der Waals surface area contributed by atoms with Crippen molar-refractivity contribution in [1.29, 1.82) is 0 Å². The lowest BCUT2D eigenvalue weighted by molar-refractivity contribution is 0.989. The van der Waals surface area contributed by atoms with E-state index in [9.17, 15) is 0 Å². The van der Waals surface area contributed by atoms with Gasteiger partial charge in [-0.1, -0.05) is 18.5 Å². The van der Waals surface area contributed by atoms with Crippen LogP contribution in [0.25, 0.3) is 11.4 Å². The zero-order chi connectivity index (χ0) is 14.7. The summed E-state index contributed by atoms with van der Waals surface area (Å²) in [5, 5.41) is 4.01. The Morgan fingerprint density at radius 3 is 2.60 bits per heavy atom. The minimum atomic E-state index is 0.689. The average molecular weight is 355 g/mol. The smallest absolute Gasteiger partial charge is 0.162 e. The third kappa shape index (κ3) is 3.13. The minimum absolute atomic E-state index is 0.689. The normalized spacial score (nSPS) is 10.7. The fourth-order valence-corrected chi connectivity index (χ4v) is 2.98. The Morgan fingerprint density at radius 2 is 2.00 bits per heavy atom. The maximum Gasteiger partial charge on any atom is 0.162 e. The van der Waals surface area contributed by atoms with Crippen molar-refractivity contribution in [1.82, 2.24) is 9.97 Å². The van der Waals surface area contributed by atoms with Crippen LogP contribution in [0, 0.1) is 6.92 Å². The second kappa shape index (κ2) is 6.55. The monoisotopic (exact) mass is 353 g/mol. The Kier molecular flexibility index (Phi) is 5.00. The highest BCUT2D eigenvalue weighted by molar-refractivity contribution is 9.10. The summed E-state index contributed by atoms with van der Waals surface area (Å²) in [6.45, 7) is 7.04. The van der Waals surface area contributed by atoms with Crippen LogP contribution in [0.1, 0.15) is 25.1 Å². The Labute approximate surface area is 132 Å². The number of anilines is 1. The summed E-state index contributed by atoms with van der Waals surface area (Å²) in [6.07, 6.45) is 0.913. The summed E-state index contributed by atoms with van der Waals surface area (Å²) in [6, 6.07) is 5.64. The lowest BCUT2D eigenvalue weighted by Crippen LogP contribution is -2.08. The van der Waals surface area contributed by atoms with Crippen molar-refractivity contribution < 1.29 is 0 Å². The van der Waals surface area contributed by atoms with E-state index >= 15 is 0 Å². The molecule has 1 aromatic carbocycles. The standard InChI is InChI=1S/C15H17BrClN3/c1-4-11-9(3)19-15(20-14(11)18-5-2)12-7-6-10(17)8-13(12)16/h6-8H,4-5H2,1-3H3,(H,18,19,20). The van der Waals surface area contributed by atoms with E-state index in [0.717, 1.165) is 34.5 Å². The second-order valence-corrected chi connectivity index (χ2v) is 5.76. The molecule has 0 fully saturated rings. The molecule has 0 amide bonds. The summed E-state index contributed by atoms with van der Waals surface area (Å²) < 4.78 is 0.899. The molecule has 106 valence electrons. The van der Waals surface area contributed by atoms with Crippen LogP contribution in [0.3, 0.4) is 0 Å². The molecule has 0 aliphatic rings. The molecule has 1 heterocycles. The lowest BCUT2D eigenvalue weighted by atomic mass is 10.1. The minimum Gasteiger partial charge on any atom is -0.370 e. The van der Waals surface area contributed by atoms with E-state index < -0.39 is 0 Å². The third-order valence-electron chi connectivity index (χ3n) is 3.08. The van der Waals surface area contributed by atoms with Gasteiger partial charge < -0.3 is 5.32 Å². The number of hydrogen-bond acceptors (Lipinski definition) is 3. The Hall–Kier alpha value is -1.13. The van der Waals surface area contributed by atoms with E-state index in [1.165, 1.54) is 5.56 Å². The highest BCUT2D eigenvalue weighted by Crippen LogP contribution is 2.30. The van der Waals surface area contributed by atoms with Gasteiger partial charge in [-0.15, -0.1) is 0 Å². The number of nitrogens with zero attached hydrogens (tertiary/aromatic N) is 2. The van der Waals surface area contributed by atoms with Crippen LogP contribution >= 0.6 is 27.5 Å². The fourth-order valence-electron chi connectivity index (χ4n) is 2.12. The van der Waals surface area contributed by atoms with Crippen LogP contribution in [-0.4, -0.2) is 16.5 Å². The molecule has 0 unspecified atom stereocenters. The molecule has 0 saturated heterocycles. The van der Waals surface area contributed by atoms with Crippen LogP contribution in [-0.2, 0) is 6.42 Å². The van der Waals surface area contributed by atoms with Gasteiger partial charge in [-0.3, -0.25) is 0 Å². The lowest BCUT2D eigenvalue weighted by Gasteiger charge is -2.13. The van der Waals surface area contributed by atoms with Gasteiger partial charge in [-0.2, -0.15) is 0 Å². The molecule has 0 aliphatic heterocycles. The van der Waals surface area contributed by atoms with Gasteiger partial charge in [0.1, 0.15) is 5.82 Å². The van der Waals surface area contributed by atoms with Crippen LogP contribution < -0.4 is 5.32 Å². The largest absolute Gasteiger partial charge is 0.370 e. The molecular formula is C15H17BrClN3. The first kappa shape index (κ1) is 15.3. The van der Waals surface area contributed by atoms with Gasteiger partial charge in [-0.05, 0) is 54.4 Å². The number of nitrogens with one attached hydrogen (secondary N) is 1.